The normalized spacial score (nSPS) is 12.3. The Bertz CT molecular complexity index is 562. The zero-order valence-electron chi connectivity index (χ0n) is 27.6. The zero-order chi connectivity index (χ0) is 29.7. The van der Waals surface area contributed by atoms with Crippen LogP contribution in [0.25, 0.3) is 0 Å². The van der Waals surface area contributed by atoms with E-state index < -0.39 is 0 Å². The molecular formula is C35H69NO4. The highest BCUT2D eigenvalue weighted by Gasteiger charge is 2.17. The lowest BCUT2D eigenvalue weighted by Gasteiger charge is -2.19. The molecule has 0 aromatic heterocycles. The molecule has 0 aliphatic rings. The molecule has 0 aromatic rings. The first-order valence-electron chi connectivity index (χ1n) is 17.4. The van der Waals surface area contributed by atoms with Crippen LogP contribution < -0.4 is 0 Å². The molecule has 0 saturated carbocycles. The van der Waals surface area contributed by atoms with Crippen molar-refractivity contribution < 1.29 is 19.1 Å². The lowest BCUT2D eigenvalue weighted by Crippen LogP contribution is -2.25. The fourth-order valence-electron chi connectivity index (χ4n) is 5.34. The van der Waals surface area contributed by atoms with Gasteiger partial charge in [-0.25, -0.2) is 0 Å². The topological polar surface area (TPSA) is 55.8 Å². The van der Waals surface area contributed by atoms with Crippen molar-refractivity contribution in [2.75, 3.05) is 27.2 Å². The summed E-state index contributed by atoms with van der Waals surface area (Å²) in [6, 6.07) is 0. The van der Waals surface area contributed by atoms with E-state index in [1.807, 2.05) is 0 Å². The van der Waals surface area contributed by atoms with Gasteiger partial charge in [0.2, 0.25) is 0 Å². The molecule has 0 aliphatic heterocycles. The highest BCUT2D eigenvalue weighted by atomic mass is 16.6. The zero-order valence-corrected chi connectivity index (χ0v) is 27.6. The molecule has 0 amide bonds. The molecule has 40 heavy (non-hydrogen) atoms. The number of carbonyl (C=O) groups excluding carboxylic acids is 2. The summed E-state index contributed by atoms with van der Waals surface area (Å²) in [4.78, 5) is 27.0. The van der Waals surface area contributed by atoms with Crippen LogP contribution in [0.3, 0.4) is 0 Å². The van der Waals surface area contributed by atoms with Gasteiger partial charge in [-0.1, -0.05) is 130 Å². The van der Waals surface area contributed by atoms with Crippen LogP contribution in [0.5, 0.6) is 0 Å². The minimum absolute atomic E-state index is 0.148. The van der Waals surface area contributed by atoms with Crippen molar-refractivity contribution in [3.8, 4) is 0 Å². The average Bonchev–Trinajstić information content (AvgIpc) is 2.93. The van der Waals surface area contributed by atoms with Crippen LogP contribution in [0.2, 0.25) is 0 Å². The minimum Gasteiger partial charge on any atom is -0.462 e. The Morgan fingerprint density at radius 3 is 1.60 bits per heavy atom. The second kappa shape index (κ2) is 29.4. The van der Waals surface area contributed by atoms with Gasteiger partial charge in [0, 0.05) is 12.8 Å². The van der Waals surface area contributed by atoms with Crippen LogP contribution in [0.4, 0.5) is 0 Å². The molecule has 5 nitrogen and oxygen atoms in total. The highest BCUT2D eigenvalue weighted by Crippen LogP contribution is 2.19. The molecule has 0 aromatic carbocycles. The first-order valence-corrected chi connectivity index (χ1v) is 17.4. The molecule has 0 N–H and O–H groups in total. The summed E-state index contributed by atoms with van der Waals surface area (Å²) >= 11 is 0. The van der Waals surface area contributed by atoms with Crippen LogP contribution >= 0.6 is 0 Å². The lowest BCUT2D eigenvalue weighted by atomic mass is 9.95. The van der Waals surface area contributed by atoms with Gasteiger partial charge in [0.25, 0.3) is 0 Å². The SMILES string of the molecule is CCCCCCCCCCCCCCC(=O)OCC(CCCCCC(CC)CC)OC(=O)CCCCCN(C)C. The van der Waals surface area contributed by atoms with Crippen LogP contribution in [-0.2, 0) is 19.1 Å². The summed E-state index contributed by atoms with van der Waals surface area (Å²) < 4.78 is 11.4. The van der Waals surface area contributed by atoms with Gasteiger partial charge in [0.15, 0.2) is 0 Å². The van der Waals surface area contributed by atoms with Gasteiger partial charge < -0.3 is 14.4 Å². The fourth-order valence-corrected chi connectivity index (χ4v) is 5.34. The van der Waals surface area contributed by atoms with Crippen molar-refractivity contribution in [1.29, 1.82) is 0 Å². The van der Waals surface area contributed by atoms with Gasteiger partial charge in [0.1, 0.15) is 12.7 Å². The molecule has 1 atom stereocenters. The second-order valence-electron chi connectivity index (χ2n) is 12.4. The number of rotatable bonds is 30. The van der Waals surface area contributed by atoms with E-state index in [2.05, 4.69) is 39.8 Å². The Morgan fingerprint density at radius 2 is 1.05 bits per heavy atom. The van der Waals surface area contributed by atoms with E-state index in [0.717, 1.165) is 63.8 Å². The monoisotopic (exact) mass is 568 g/mol. The predicted octanol–water partition coefficient (Wildman–Crippen LogP) is 10.0. The molecule has 0 saturated heterocycles. The third kappa shape index (κ3) is 27.1. The average molecular weight is 568 g/mol. The maximum Gasteiger partial charge on any atom is 0.306 e. The number of nitrogens with zero attached hydrogens (tertiary/aromatic N) is 1. The molecule has 1 unspecified atom stereocenters. The van der Waals surface area contributed by atoms with Crippen molar-refractivity contribution in [2.24, 2.45) is 5.92 Å². The van der Waals surface area contributed by atoms with E-state index in [9.17, 15) is 9.59 Å². The molecule has 238 valence electrons. The van der Waals surface area contributed by atoms with E-state index in [4.69, 9.17) is 9.47 Å². The van der Waals surface area contributed by atoms with Crippen molar-refractivity contribution in [3.63, 3.8) is 0 Å². The first kappa shape index (κ1) is 38.9. The maximum absolute atomic E-state index is 12.5. The number of esters is 2. The van der Waals surface area contributed by atoms with Crippen molar-refractivity contribution >= 4 is 11.9 Å². The quantitative estimate of drug-likeness (QED) is 0.0638. The van der Waals surface area contributed by atoms with Crippen LogP contribution in [0.15, 0.2) is 0 Å². The van der Waals surface area contributed by atoms with E-state index in [0.29, 0.717) is 12.8 Å². The summed E-state index contributed by atoms with van der Waals surface area (Å²) in [5.41, 5.74) is 0. The number of unbranched alkanes of at least 4 members (excludes halogenated alkanes) is 15. The third-order valence-electron chi connectivity index (χ3n) is 8.24. The third-order valence-corrected chi connectivity index (χ3v) is 8.24. The van der Waals surface area contributed by atoms with Crippen LogP contribution in [0, 0.1) is 5.92 Å². The lowest BCUT2D eigenvalue weighted by molar-refractivity contribution is -0.159. The summed E-state index contributed by atoms with van der Waals surface area (Å²) in [6.45, 7) is 8.06. The summed E-state index contributed by atoms with van der Waals surface area (Å²) in [5, 5.41) is 0. The molecule has 0 rings (SSSR count). The smallest absolute Gasteiger partial charge is 0.306 e. The van der Waals surface area contributed by atoms with Gasteiger partial charge in [-0.3, -0.25) is 9.59 Å². The number of hydrogen-bond acceptors (Lipinski definition) is 5. The molecular weight excluding hydrogens is 498 g/mol. The molecule has 0 spiro atoms. The largest absolute Gasteiger partial charge is 0.462 e. The summed E-state index contributed by atoms with van der Waals surface area (Å²) in [7, 11) is 4.14. The van der Waals surface area contributed by atoms with Gasteiger partial charge in [0.05, 0.1) is 0 Å². The van der Waals surface area contributed by atoms with Crippen LogP contribution in [-0.4, -0.2) is 50.2 Å². The number of carbonyl (C=O) groups is 2. The Kier molecular flexibility index (Phi) is 28.6. The highest BCUT2D eigenvalue weighted by molar-refractivity contribution is 5.70. The van der Waals surface area contributed by atoms with Gasteiger partial charge in [-0.15, -0.1) is 0 Å². The molecule has 0 fully saturated rings. The molecule has 0 bridgehead atoms. The van der Waals surface area contributed by atoms with Gasteiger partial charge in [-0.2, -0.15) is 0 Å². The Balaban J connectivity index is 4.17. The Labute approximate surface area is 249 Å². The molecule has 0 aliphatic carbocycles. The fraction of sp³-hybridized carbons (Fsp3) is 0.943. The van der Waals surface area contributed by atoms with E-state index in [1.54, 1.807) is 0 Å². The summed E-state index contributed by atoms with van der Waals surface area (Å²) in [5.74, 6) is 0.525. The van der Waals surface area contributed by atoms with Crippen molar-refractivity contribution in [1.82, 2.24) is 4.90 Å². The molecule has 0 radical (unpaired) electrons. The standard InChI is InChI=1S/C35H69NO4/c1-6-9-10-11-12-13-14-15-16-17-18-23-28-34(37)39-31-33(27-22-19-21-26-32(7-2)8-3)40-35(38)29-24-20-25-30-36(4)5/h32-33H,6-31H2,1-5H3. The van der Waals surface area contributed by atoms with E-state index in [-0.39, 0.29) is 24.6 Å². The Morgan fingerprint density at radius 1 is 0.575 bits per heavy atom. The van der Waals surface area contributed by atoms with Crippen LogP contribution in [0.1, 0.15) is 175 Å². The van der Waals surface area contributed by atoms with Gasteiger partial charge in [-0.05, 0) is 58.7 Å². The maximum atomic E-state index is 12.5. The first-order chi connectivity index (χ1) is 19.4. The minimum atomic E-state index is -0.312. The predicted molar refractivity (Wildman–Crippen MR) is 171 cm³/mol. The van der Waals surface area contributed by atoms with Crippen molar-refractivity contribution in [3.05, 3.63) is 0 Å². The second-order valence-corrected chi connectivity index (χ2v) is 12.4. The van der Waals surface area contributed by atoms with E-state index in [1.165, 1.54) is 89.9 Å². The number of ether oxygens (including phenoxy) is 2. The molecule has 0 heterocycles. The molecule has 5 heteroatoms. The summed E-state index contributed by atoms with van der Waals surface area (Å²) in [6.07, 6.45) is 26.9. The van der Waals surface area contributed by atoms with E-state index >= 15 is 0 Å². The van der Waals surface area contributed by atoms with Crippen molar-refractivity contribution in [2.45, 2.75) is 181 Å². The number of hydrogen-bond donors (Lipinski definition) is 0. The Hall–Kier alpha value is -1.10. The van der Waals surface area contributed by atoms with Gasteiger partial charge >= 0.3 is 11.9 Å².